The van der Waals surface area contributed by atoms with Crippen molar-refractivity contribution in [3.8, 4) is 17.2 Å². The Kier molecular flexibility index (Phi) is 24.3. The Morgan fingerprint density at radius 1 is 0.823 bits per heavy atom. The van der Waals surface area contributed by atoms with Gasteiger partial charge in [-0.3, -0.25) is 33.6 Å². The molecule has 3 heterocycles. The number of nitrogens with one attached hydrogen (secondary N) is 5. The molecule has 3 fully saturated rings. The van der Waals surface area contributed by atoms with Crippen LogP contribution in [0.2, 0.25) is 0 Å². The lowest BCUT2D eigenvalue weighted by Crippen LogP contribution is -2.64. The molecular weight excluding hydrogens is 1060 g/mol. The number of benzene rings is 2. The van der Waals surface area contributed by atoms with E-state index >= 15 is 0 Å². The highest BCUT2D eigenvalue weighted by molar-refractivity contribution is 7.90. The van der Waals surface area contributed by atoms with Crippen LogP contribution in [0.25, 0.3) is 4.85 Å². The minimum Gasteiger partial charge on any atom is -0.504 e. The largest absolute Gasteiger partial charge is 0.504 e. The number of phenolic OH excluding ortho intramolecular Hbond substituents is 1. The monoisotopic (exact) mass is 1130 g/mol. The second-order valence-electron chi connectivity index (χ2n) is 19.7. The fourth-order valence-corrected chi connectivity index (χ4v) is 9.59. The van der Waals surface area contributed by atoms with Crippen LogP contribution in [-0.4, -0.2) is 203 Å². The van der Waals surface area contributed by atoms with E-state index in [9.17, 15) is 74.4 Å². The third kappa shape index (κ3) is 17.0. The number of β-amino-alcohol motifs (C(OH)–C–C–N with tert-alkyl or cyclic N) is 1. The molecule has 14 N–H and O–H groups in total. The number of nitrogens with zero attached hydrogens (tertiary/aromatic N) is 3. The van der Waals surface area contributed by atoms with Gasteiger partial charge in [-0.15, -0.1) is 0 Å². The summed E-state index contributed by atoms with van der Waals surface area (Å²) in [5.74, 6) is -9.81. The molecule has 0 spiro atoms. The maximum Gasteiger partial charge on any atom is 0.261 e. The smallest absolute Gasteiger partial charge is 0.261 e. The Labute approximate surface area is 458 Å². The fraction of sp³-hybridized carbons (Fsp3) is 0.600. The quantitative estimate of drug-likeness (QED) is 0.0221. The van der Waals surface area contributed by atoms with E-state index in [1.54, 1.807) is 0 Å². The number of fused-ring (bicyclic) bond motifs is 2. The first-order valence-corrected chi connectivity index (χ1v) is 26.4. The second-order valence-corrected chi connectivity index (χ2v) is 20.1. The lowest BCUT2D eigenvalue weighted by atomic mass is 9.96. The molecule has 3 saturated heterocycles. The molecule has 0 aromatic heterocycles. The van der Waals surface area contributed by atoms with Crippen molar-refractivity contribution in [1.29, 1.82) is 0 Å². The Hall–Kier alpha value is -6.43. The van der Waals surface area contributed by atoms with Crippen LogP contribution >= 0.6 is 12.3 Å². The summed E-state index contributed by atoms with van der Waals surface area (Å²) < 4.78 is 15.0. The summed E-state index contributed by atoms with van der Waals surface area (Å²) in [5, 5.41) is 113. The molecule has 0 bridgehead atoms. The van der Waals surface area contributed by atoms with Crippen LogP contribution in [-0.2, 0) is 38.1 Å². The topological polar surface area (TPSA) is 409 Å². The van der Waals surface area contributed by atoms with Crippen LogP contribution < -0.4 is 35.5 Å². The molecule has 28 nitrogen and oxygen atoms in total. The van der Waals surface area contributed by atoms with E-state index in [-0.39, 0.29) is 23.5 Å². The number of amides is 7. The molecule has 0 unspecified atom stereocenters. The number of ether oxygens (including phenoxy) is 1. The number of rotatable bonds is 20. The summed E-state index contributed by atoms with van der Waals surface area (Å²) in [4.78, 5) is 105. The van der Waals surface area contributed by atoms with Gasteiger partial charge in [-0.05, 0) is 55.3 Å². The predicted molar refractivity (Wildman–Crippen MR) is 274 cm³/mol. The van der Waals surface area contributed by atoms with Crippen molar-refractivity contribution in [2.45, 2.75) is 151 Å². The molecule has 0 saturated carbocycles. The van der Waals surface area contributed by atoms with Gasteiger partial charge in [-0.1, -0.05) is 61.4 Å². The molecular formula is C50H70N8O20S. The number of hydrogen-bond acceptors (Lipinski definition) is 21. The van der Waals surface area contributed by atoms with Crippen molar-refractivity contribution in [3.05, 3.63) is 65.0 Å². The summed E-state index contributed by atoms with van der Waals surface area (Å²) >= 11 is -0.00803. The number of aromatic hydroxyl groups is 1. The molecule has 7 amide bonds. The third-order valence-electron chi connectivity index (χ3n) is 13.7. The van der Waals surface area contributed by atoms with Crippen LogP contribution in [0, 0.1) is 12.5 Å². The molecule has 2 aromatic rings. The molecule has 0 radical (unpaired) electrons. The zero-order valence-electron chi connectivity index (χ0n) is 43.6. The van der Waals surface area contributed by atoms with E-state index in [0.717, 1.165) is 73.4 Å². The highest BCUT2D eigenvalue weighted by atomic mass is 32.2. The summed E-state index contributed by atoms with van der Waals surface area (Å²) in [6.07, 6.45) is -8.31. The van der Waals surface area contributed by atoms with Gasteiger partial charge in [0.15, 0.2) is 17.6 Å². The van der Waals surface area contributed by atoms with Gasteiger partial charge in [0.05, 0.1) is 31.0 Å². The Morgan fingerprint density at radius 3 is 2.15 bits per heavy atom. The maximum absolute atomic E-state index is 14.6. The fourth-order valence-electron chi connectivity index (χ4n) is 9.33. The zero-order valence-corrected chi connectivity index (χ0v) is 44.4. The lowest BCUT2D eigenvalue weighted by molar-refractivity contribution is -0.433. The molecule has 2 aromatic carbocycles. The lowest BCUT2D eigenvalue weighted by Gasteiger charge is -2.34. The number of carbonyl (C=O) groups excluding carboxylic acids is 7. The van der Waals surface area contributed by atoms with Gasteiger partial charge in [0.25, 0.3) is 18.2 Å². The van der Waals surface area contributed by atoms with Crippen LogP contribution in [0.3, 0.4) is 0 Å². The Morgan fingerprint density at radius 2 is 1.48 bits per heavy atom. The van der Waals surface area contributed by atoms with Crippen molar-refractivity contribution in [2.75, 3.05) is 32.8 Å². The highest BCUT2D eigenvalue weighted by Gasteiger charge is 2.50. The van der Waals surface area contributed by atoms with E-state index < -0.39 is 177 Å². The van der Waals surface area contributed by atoms with Gasteiger partial charge in [-0.2, -0.15) is 0 Å². The molecule has 3 aliphatic heterocycles. The maximum atomic E-state index is 14.6. The van der Waals surface area contributed by atoms with Crippen LogP contribution in [0.15, 0.2) is 42.5 Å². The normalized spacial score (nSPS) is 27.1. The van der Waals surface area contributed by atoms with Gasteiger partial charge in [0, 0.05) is 44.0 Å². The van der Waals surface area contributed by atoms with E-state index in [0.29, 0.717) is 12.4 Å². The average molecular weight is 1140 g/mol. The van der Waals surface area contributed by atoms with Gasteiger partial charge in [-0.25, -0.2) is 11.8 Å². The standard InChI is InChI=1S/C50H70N8O20S/c1-5-6-7-8-9-10-17-75-31-14-11-27(12-15-31)44(67)53-32-19-29(60)21-52-48(71)40-41(64)25(2)23-58(40)50(73)38(35(63)22-51-4)55-47(70)39(43(66)42(65)28-13-16-34(62)36(18-28)76-79-78-77-74)56-46(69)33-20-30(61)24-57(33)49(72)37(26(3)59)54-45(32)68/h11-16,18,25-26,29-30,32-33,35,37-43,59-66,74H,5-10,17,19-24H2,1-3H3,(H,52,71)(H,53,67)(H,54,68)(H,55,70)(H,56,69)/t25-,26+,29+,30+,32+,33+,35-,37+,38+,39+,40+,41+,42+,43+/m1/s1. The first-order chi connectivity index (χ1) is 37.6. The van der Waals surface area contributed by atoms with E-state index in [2.05, 4.69) is 47.7 Å². The Balaban J connectivity index is 1.53. The van der Waals surface area contributed by atoms with Crippen LogP contribution in [0.4, 0.5) is 0 Å². The van der Waals surface area contributed by atoms with Crippen molar-refractivity contribution < 1.29 is 98.0 Å². The average Bonchev–Trinajstić information content (AvgIpc) is 4.04. The molecule has 0 aliphatic carbocycles. The number of aliphatic hydroxyl groups is 7. The molecule has 3 aliphatic rings. The SMILES string of the molecule is [C-]#[N+]C[C@@H](O)[C@@H]1NC(=O)[C@H]([C@H](O)[C@@H](O)c2ccc(O)c(OSOOO)c2)NC(=O)[C@@H]2C[C@H](O)CN2C(=O)[C@H]([C@H](C)O)NC(=O)[C@@H](NC(=O)c2ccc(OCCCCCCCC)cc2)C[C@H](O)CNC(=O)[C@@H]2[C@@H](O)[C@H](C)CN2C1=O. The van der Waals surface area contributed by atoms with Crippen LogP contribution in [0.1, 0.15) is 94.2 Å². The highest BCUT2D eigenvalue weighted by Crippen LogP contribution is 2.34. The number of unbranched alkanes of at least 4 members (excludes halogenated alkanes) is 5. The van der Waals surface area contributed by atoms with E-state index in [1.807, 2.05) is 0 Å². The molecule has 29 heteroatoms. The number of phenols is 1. The molecule has 436 valence electrons. The van der Waals surface area contributed by atoms with Crippen molar-refractivity contribution in [1.82, 2.24) is 36.4 Å². The molecule has 79 heavy (non-hydrogen) atoms. The molecule has 5 rings (SSSR count). The number of carbonyl (C=O) groups is 7. The first-order valence-electron chi connectivity index (χ1n) is 25.7. The van der Waals surface area contributed by atoms with Crippen molar-refractivity contribution in [3.63, 3.8) is 0 Å². The second kappa shape index (κ2) is 30.2. The molecule has 14 atom stereocenters. The van der Waals surface area contributed by atoms with Gasteiger partial charge >= 0.3 is 0 Å². The summed E-state index contributed by atoms with van der Waals surface area (Å²) in [5.41, 5.74) is -0.291. The van der Waals surface area contributed by atoms with E-state index in [4.69, 9.17) is 20.7 Å². The van der Waals surface area contributed by atoms with Gasteiger partial charge in [0.2, 0.25) is 42.0 Å². The Bertz CT molecular complexity index is 2450. The summed E-state index contributed by atoms with van der Waals surface area (Å²) in [6.45, 7) is 9.99. The number of hydrogen-bond donors (Lipinski definition) is 14. The number of aliphatic hydroxyl groups excluding tert-OH is 7. The minimum absolute atomic E-state index is 0.00803. The van der Waals surface area contributed by atoms with Crippen molar-refractivity contribution >= 4 is 53.7 Å². The minimum atomic E-state index is -2.48. The zero-order chi connectivity index (χ0) is 58.1. The predicted octanol–water partition coefficient (Wildman–Crippen LogP) is -2.15. The first kappa shape index (κ1) is 63.4. The van der Waals surface area contributed by atoms with Gasteiger partial charge in [0.1, 0.15) is 54.2 Å². The summed E-state index contributed by atoms with van der Waals surface area (Å²) in [6, 6.07) is -2.98. The summed E-state index contributed by atoms with van der Waals surface area (Å²) in [7, 11) is 0. The van der Waals surface area contributed by atoms with Gasteiger partial charge < -0.3 is 91.0 Å². The van der Waals surface area contributed by atoms with E-state index in [1.165, 1.54) is 31.2 Å². The third-order valence-corrected chi connectivity index (χ3v) is 14.1. The van der Waals surface area contributed by atoms with Crippen LogP contribution in [0.5, 0.6) is 17.2 Å². The van der Waals surface area contributed by atoms with Crippen molar-refractivity contribution in [2.24, 2.45) is 5.92 Å².